The lowest BCUT2D eigenvalue weighted by molar-refractivity contribution is -0.147. The second kappa shape index (κ2) is 11.5. The standard InChI is InChI=1S/C35H49NO3.C2H6/c1-8-9-10-24(39-7)19-35-14-12-26-30(27(35)20-32(3,4)15-16-35)28(37)17-29-33(26,5)13-11-25-22(2)31(38)23(21-36)18-34(25,29)6;1-2/h10,17-18,22,25-27,30H,8-9,11-16,19-20H2,1-7H3;1-2H3/b24-10+;. The van der Waals surface area contributed by atoms with Gasteiger partial charge in [-0.25, -0.2) is 0 Å². The molecule has 226 valence electrons. The SMILES string of the molecule is CC.CCC/C=C(\CC12CCC3C(C(=O)C=C4C5(C)C=C(C#N)C(=O)C(C)C5CCC43C)C1CC(C)(C)CC2)OC. The summed E-state index contributed by atoms with van der Waals surface area (Å²) in [5.41, 5.74) is 1.32. The number of carbonyl (C=O) groups is 2. The first-order valence-corrected chi connectivity index (χ1v) is 16.5. The van der Waals surface area contributed by atoms with Gasteiger partial charge in [-0.2, -0.15) is 5.26 Å². The lowest BCUT2D eigenvalue weighted by Crippen LogP contribution is -2.59. The molecule has 0 spiro atoms. The van der Waals surface area contributed by atoms with Crippen molar-refractivity contribution in [3.8, 4) is 6.07 Å². The topological polar surface area (TPSA) is 67.2 Å². The molecular formula is C37H55NO3. The first-order valence-electron chi connectivity index (χ1n) is 16.5. The van der Waals surface area contributed by atoms with E-state index in [1.54, 1.807) is 0 Å². The molecule has 8 atom stereocenters. The minimum Gasteiger partial charge on any atom is -0.501 e. The largest absolute Gasteiger partial charge is 0.501 e. The molecule has 5 aliphatic rings. The van der Waals surface area contributed by atoms with Gasteiger partial charge in [-0.05, 0) is 97.5 Å². The summed E-state index contributed by atoms with van der Waals surface area (Å²) in [5.74, 6) is 2.04. The number of ketones is 2. The average molecular weight is 562 g/mol. The molecule has 0 saturated heterocycles. The van der Waals surface area contributed by atoms with Crippen molar-refractivity contribution in [1.29, 1.82) is 5.26 Å². The van der Waals surface area contributed by atoms with Crippen LogP contribution >= 0.6 is 0 Å². The lowest BCUT2D eigenvalue weighted by Gasteiger charge is -2.64. The van der Waals surface area contributed by atoms with Crippen molar-refractivity contribution in [3.05, 3.63) is 35.1 Å². The van der Waals surface area contributed by atoms with E-state index < -0.39 is 5.41 Å². The Hall–Kier alpha value is -2.15. The molecule has 5 aliphatic carbocycles. The summed E-state index contributed by atoms with van der Waals surface area (Å²) < 4.78 is 5.94. The van der Waals surface area contributed by atoms with Gasteiger partial charge < -0.3 is 4.74 Å². The molecule has 0 aromatic carbocycles. The number of Topliss-reactive ketones (excluding diaryl/α,β-unsaturated/α-hetero) is 1. The average Bonchev–Trinajstić information content (AvgIpc) is 2.95. The Labute approximate surface area is 250 Å². The number of fused-ring (bicyclic) bond motifs is 7. The van der Waals surface area contributed by atoms with Crippen LogP contribution in [0.2, 0.25) is 0 Å². The van der Waals surface area contributed by atoms with Crippen LogP contribution in [0.15, 0.2) is 35.1 Å². The number of allylic oxidation sites excluding steroid dienone is 6. The van der Waals surface area contributed by atoms with E-state index >= 15 is 0 Å². The van der Waals surface area contributed by atoms with Crippen LogP contribution in [0.5, 0.6) is 0 Å². The van der Waals surface area contributed by atoms with Crippen LogP contribution in [0.25, 0.3) is 0 Å². The van der Waals surface area contributed by atoms with Gasteiger partial charge in [0.1, 0.15) is 6.07 Å². The van der Waals surface area contributed by atoms with Crippen molar-refractivity contribution in [2.45, 2.75) is 120 Å². The summed E-state index contributed by atoms with van der Waals surface area (Å²) >= 11 is 0. The van der Waals surface area contributed by atoms with E-state index in [-0.39, 0.29) is 45.4 Å². The number of ether oxygens (including phenoxy) is 1. The van der Waals surface area contributed by atoms with Crippen molar-refractivity contribution in [1.82, 2.24) is 0 Å². The molecule has 3 saturated carbocycles. The van der Waals surface area contributed by atoms with E-state index in [0.29, 0.717) is 17.6 Å². The fourth-order valence-corrected chi connectivity index (χ4v) is 10.2. The molecule has 4 nitrogen and oxygen atoms in total. The number of nitrogens with zero attached hydrogens (tertiary/aromatic N) is 1. The number of methoxy groups -OCH3 is 1. The van der Waals surface area contributed by atoms with Crippen molar-refractivity contribution >= 4 is 11.6 Å². The van der Waals surface area contributed by atoms with Crippen LogP contribution in [-0.4, -0.2) is 18.7 Å². The predicted octanol–water partition coefficient (Wildman–Crippen LogP) is 9.17. The number of rotatable bonds is 5. The van der Waals surface area contributed by atoms with Crippen LogP contribution in [0.3, 0.4) is 0 Å². The summed E-state index contributed by atoms with van der Waals surface area (Å²) in [7, 11) is 1.81. The monoisotopic (exact) mass is 561 g/mol. The van der Waals surface area contributed by atoms with Gasteiger partial charge in [0.05, 0.1) is 18.4 Å². The van der Waals surface area contributed by atoms with E-state index in [0.717, 1.165) is 63.5 Å². The normalized spacial score (nSPS) is 41.2. The summed E-state index contributed by atoms with van der Waals surface area (Å²) in [6.07, 6.45) is 17.0. The highest BCUT2D eigenvalue weighted by Crippen LogP contribution is 2.70. The van der Waals surface area contributed by atoms with Crippen LogP contribution < -0.4 is 0 Å². The molecule has 0 radical (unpaired) electrons. The van der Waals surface area contributed by atoms with Crippen molar-refractivity contribution in [2.24, 2.45) is 51.2 Å². The number of hydrogen-bond donors (Lipinski definition) is 0. The van der Waals surface area contributed by atoms with Gasteiger partial charge in [0.2, 0.25) is 0 Å². The van der Waals surface area contributed by atoms with E-state index in [1.807, 2.05) is 40.0 Å². The summed E-state index contributed by atoms with van der Waals surface area (Å²) in [6.45, 7) is 17.6. The summed E-state index contributed by atoms with van der Waals surface area (Å²) in [5, 5.41) is 9.80. The minimum absolute atomic E-state index is 0.0267. The van der Waals surface area contributed by atoms with Crippen molar-refractivity contribution in [2.75, 3.05) is 7.11 Å². The molecule has 0 heterocycles. The third kappa shape index (κ3) is 5.08. The van der Waals surface area contributed by atoms with Crippen LogP contribution in [-0.2, 0) is 14.3 Å². The molecule has 0 aliphatic heterocycles. The quantitative estimate of drug-likeness (QED) is 0.314. The first-order chi connectivity index (χ1) is 19.4. The molecule has 0 aromatic heterocycles. The number of unbranched alkanes of at least 4 members (excludes halogenated alkanes) is 1. The molecule has 41 heavy (non-hydrogen) atoms. The van der Waals surface area contributed by atoms with Gasteiger partial charge in [-0.3, -0.25) is 9.59 Å². The van der Waals surface area contributed by atoms with Crippen LogP contribution in [0, 0.1) is 62.6 Å². The minimum atomic E-state index is -0.418. The highest BCUT2D eigenvalue weighted by atomic mass is 16.5. The zero-order chi connectivity index (χ0) is 30.4. The summed E-state index contributed by atoms with van der Waals surface area (Å²) in [6, 6.07) is 2.19. The Morgan fingerprint density at radius 3 is 2.37 bits per heavy atom. The molecule has 0 aromatic rings. The molecule has 5 rings (SSSR count). The van der Waals surface area contributed by atoms with Gasteiger partial charge >= 0.3 is 0 Å². The lowest BCUT2D eigenvalue weighted by atomic mass is 9.39. The molecular weight excluding hydrogens is 506 g/mol. The van der Waals surface area contributed by atoms with Gasteiger partial charge in [0.25, 0.3) is 0 Å². The molecule has 0 amide bonds. The summed E-state index contributed by atoms with van der Waals surface area (Å²) in [4.78, 5) is 27.3. The zero-order valence-electron chi connectivity index (χ0n) is 27.4. The number of hydrogen-bond acceptors (Lipinski definition) is 4. The molecule has 0 bridgehead atoms. The third-order valence-corrected chi connectivity index (χ3v) is 12.3. The van der Waals surface area contributed by atoms with Crippen LogP contribution in [0.4, 0.5) is 0 Å². The highest BCUT2D eigenvalue weighted by Gasteiger charge is 2.64. The fourth-order valence-electron chi connectivity index (χ4n) is 10.2. The second-order valence-electron chi connectivity index (χ2n) is 15.0. The Morgan fingerprint density at radius 2 is 1.73 bits per heavy atom. The van der Waals surface area contributed by atoms with Gasteiger partial charge in [-0.15, -0.1) is 0 Å². The molecule has 4 heteroatoms. The second-order valence-corrected chi connectivity index (χ2v) is 15.0. The first kappa shape index (κ1) is 31.8. The number of nitriles is 1. The van der Waals surface area contributed by atoms with Crippen molar-refractivity contribution < 1.29 is 14.3 Å². The van der Waals surface area contributed by atoms with Gasteiger partial charge in [0, 0.05) is 23.7 Å². The Balaban J connectivity index is 0.00000189. The Kier molecular flexibility index (Phi) is 8.91. The predicted molar refractivity (Wildman–Crippen MR) is 166 cm³/mol. The Bertz CT molecular complexity index is 1180. The van der Waals surface area contributed by atoms with Crippen molar-refractivity contribution in [3.63, 3.8) is 0 Å². The smallest absolute Gasteiger partial charge is 0.176 e. The zero-order valence-corrected chi connectivity index (χ0v) is 27.4. The van der Waals surface area contributed by atoms with E-state index in [9.17, 15) is 14.9 Å². The van der Waals surface area contributed by atoms with E-state index in [4.69, 9.17) is 4.74 Å². The van der Waals surface area contributed by atoms with Crippen LogP contribution in [0.1, 0.15) is 120 Å². The van der Waals surface area contributed by atoms with Gasteiger partial charge in [0.15, 0.2) is 11.6 Å². The van der Waals surface area contributed by atoms with E-state index in [1.165, 1.54) is 12.0 Å². The maximum Gasteiger partial charge on any atom is 0.176 e. The van der Waals surface area contributed by atoms with E-state index in [2.05, 4.69) is 46.8 Å². The maximum atomic E-state index is 14.4. The fraction of sp³-hybridized carbons (Fsp3) is 0.757. The number of carbonyl (C=O) groups excluding carboxylic acids is 2. The molecule has 0 N–H and O–H groups in total. The Morgan fingerprint density at radius 1 is 1.05 bits per heavy atom. The maximum absolute atomic E-state index is 14.4. The van der Waals surface area contributed by atoms with Gasteiger partial charge in [-0.1, -0.05) is 73.5 Å². The third-order valence-electron chi connectivity index (χ3n) is 12.3. The highest BCUT2D eigenvalue weighted by molar-refractivity contribution is 6.02. The molecule has 3 fully saturated rings. The molecule has 8 unspecified atom stereocenters.